The van der Waals surface area contributed by atoms with Gasteiger partial charge >= 0.3 is 0 Å². The van der Waals surface area contributed by atoms with Gasteiger partial charge in [-0.2, -0.15) is 5.10 Å². The van der Waals surface area contributed by atoms with Crippen LogP contribution in [0.4, 0.5) is 5.69 Å². The topological polar surface area (TPSA) is 79.8 Å². The number of nitrogens with zero attached hydrogens (tertiary/aromatic N) is 1. The molecule has 6 nitrogen and oxygen atoms in total. The number of hydrogen-bond acceptors (Lipinski definition) is 4. The van der Waals surface area contributed by atoms with Crippen molar-refractivity contribution in [1.29, 1.82) is 0 Å². The molecule has 0 saturated heterocycles. The number of rotatable bonds is 7. The van der Waals surface area contributed by atoms with Gasteiger partial charge < -0.3 is 10.1 Å². The van der Waals surface area contributed by atoms with E-state index in [1.807, 2.05) is 42.5 Å². The van der Waals surface area contributed by atoms with Gasteiger partial charge in [0.05, 0.1) is 5.71 Å². The predicted molar refractivity (Wildman–Crippen MR) is 100 cm³/mol. The Hall–Kier alpha value is -3.15. The lowest BCUT2D eigenvalue weighted by Crippen LogP contribution is -2.25. The molecule has 0 bridgehead atoms. The summed E-state index contributed by atoms with van der Waals surface area (Å²) in [5.41, 5.74) is 4.76. The highest BCUT2D eigenvalue weighted by Gasteiger charge is 2.29. The third kappa shape index (κ3) is 5.17. The highest BCUT2D eigenvalue weighted by atomic mass is 16.5. The molecule has 0 spiro atoms. The van der Waals surface area contributed by atoms with E-state index < -0.39 is 0 Å². The first kappa shape index (κ1) is 17.7. The number of anilines is 1. The number of carbonyl (C=O) groups excluding carboxylic acids is 2. The fourth-order valence-corrected chi connectivity index (χ4v) is 2.29. The van der Waals surface area contributed by atoms with Crippen LogP contribution in [0.15, 0.2) is 59.7 Å². The van der Waals surface area contributed by atoms with Gasteiger partial charge in [-0.05, 0) is 49.6 Å². The molecule has 3 rings (SSSR count). The van der Waals surface area contributed by atoms with Crippen molar-refractivity contribution in [1.82, 2.24) is 5.43 Å². The highest BCUT2D eigenvalue weighted by molar-refractivity contribution is 6.00. The maximum atomic E-state index is 11.8. The molecule has 0 aromatic heterocycles. The molecule has 2 amide bonds. The van der Waals surface area contributed by atoms with E-state index in [2.05, 4.69) is 15.8 Å². The summed E-state index contributed by atoms with van der Waals surface area (Å²) >= 11 is 0. The average Bonchev–Trinajstić information content (AvgIpc) is 3.51. The summed E-state index contributed by atoms with van der Waals surface area (Å²) in [5, 5.41) is 6.97. The molecule has 0 radical (unpaired) electrons. The minimum atomic E-state index is -0.332. The normalized spacial score (nSPS) is 13.8. The van der Waals surface area contributed by atoms with E-state index in [1.165, 1.54) is 0 Å². The van der Waals surface area contributed by atoms with Crippen LogP contribution in [0.5, 0.6) is 5.75 Å². The first-order valence-corrected chi connectivity index (χ1v) is 8.54. The van der Waals surface area contributed by atoms with Crippen molar-refractivity contribution in [3.63, 3.8) is 0 Å². The Morgan fingerprint density at radius 3 is 2.42 bits per heavy atom. The number of nitrogens with one attached hydrogen (secondary N) is 2. The summed E-state index contributed by atoms with van der Waals surface area (Å²) in [4.78, 5) is 23.5. The van der Waals surface area contributed by atoms with Gasteiger partial charge in [0, 0.05) is 11.6 Å². The second kappa shape index (κ2) is 8.29. The summed E-state index contributed by atoms with van der Waals surface area (Å²) in [6.45, 7) is 1.70. The van der Waals surface area contributed by atoms with Crippen molar-refractivity contribution in [2.45, 2.75) is 19.8 Å². The van der Waals surface area contributed by atoms with E-state index in [0.29, 0.717) is 11.5 Å². The van der Waals surface area contributed by atoms with Gasteiger partial charge in [-0.3, -0.25) is 9.59 Å². The van der Waals surface area contributed by atoms with Crippen LogP contribution >= 0.6 is 0 Å². The maximum Gasteiger partial charge on any atom is 0.277 e. The Kier molecular flexibility index (Phi) is 5.63. The van der Waals surface area contributed by atoms with E-state index in [-0.39, 0.29) is 24.3 Å². The fraction of sp³-hybridized carbons (Fsp3) is 0.250. The number of benzene rings is 2. The van der Waals surface area contributed by atoms with Crippen molar-refractivity contribution in [2.75, 3.05) is 11.9 Å². The smallest absolute Gasteiger partial charge is 0.277 e. The standard InChI is InChI=1S/C20H21N3O3/c1-14(22-23-19(24)13-26-18-5-3-2-4-6-18)15-9-11-17(12-10-15)21-20(25)16-7-8-16/h2-6,9-12,16H,7-8,13H2,1H3,(H,21,25)(H,23,24)/b22-14+. The number of hydrogen-bond donors (Lipinski definition) is 2. The van der Waals surface area contributed by atoms with Gasteiger partial charge in [-0.1, -0.05) is 30.3 Å². The lowest BCUT2D eigenvalue weighted by atomic mass is 10.1. The number of carbonyl (C=O) groups is 2. The van der Waals surface area contributed by atoms with Crippen molar-refractivity contribution in [3.05, 3.63) is 60.2 Å². The highest BCUT2D eigenvalue weighted by Crippen LogP contribution is 2.30. The summed E-state index contributed by atoms with van der Waals surface area (Å²) in [6, 6.07) is 16.5. The monoisotopic (exact) mass is 351 g/mol. The lowest BCUT2D eigenvalue weighted by Gasteiger charge is -2.07. The maximum absolute atomic E-state index is 11.8. The molecule has 134 valence electrons. The minimum Gasteiger partial charge on any atom is -0.484 e. The molecule has 2 aromatic rings. The van der Waals surface area contributed by atoms with Crippen molar-refractivity contribution < 1.29 is 14.3 Å². The van der Waals surface area contributed by atoms with Gasteiger partial charge in [0.25, 0.3) is 5.91 Å². The number of para-hydroxylation sites is 1. The first-order chi connectivity index (χ1) is 12.6. The molecule has 6 heteroatoms. The van der Waals surface area contributed by atoms with E-state index >= 15 is 0 Å². The molecule has 2 aromatic carbocycles. The Labute approximate surface area is 152 Å². The zero-order valence-electron chi connectivity index (χ0n) is 14.6. The van der Waals surface area contributed by atoms with E-state index in [9.17, 15) is 9.59 Å². The SMILES string of the molecule is C/C(=N\NC(=O)COc1ccccc1)c1ccc(NC(=O)C2CC2)cc1. The fourth-order valence-electron chi connectivity index (χ4n) is 2.29. The summed E-state index contributed by atoms with van der Waals surface area (Å²) in [7, 11) is 0. The second-order valence-electron chi connectivity index (χ2n) is 6.17. The van der Waals surface area contributed by atoms with Gasteiger partial charge in [-0.15, -0.1) is 0 Å². The van der Waals surface area contributed by atoms with Crippen molar-refractivity contribution >= 4 is 23.2 Å². The molecular formula is C20H21N3O3. The zero-order valence-corrected chi connectivity index (χ0v) is 14.6. The largest absolute Gasteiger partial charge is 0.484 e. The van der Waals surface area contributed by atoms with E-state index in [0.717, 1.165) is 24.1 Å². The van der Waals surface area contributed by atoms with Crippen molar-refractivity contribution in [3.8, 4) is 5.75 Å². The van der Waals surface area contributed by atoms with Crippen LogP contribution in [-0.4, -0.2) is 24.1 Å². The third-order valence-corrected chi connectivity index (χ3v) is 3.98. The van der Waals surface area contributed by atoms with Crippen LogP contribution in [0.1, 0.15) is 25.3 Å². The molecule has 1 saturated carbocycles. The minimum absolute atomic E-state index is 0.0776. The lowest BCUT2D eigenvalue weighted by molar-refractivity contribution is -0.123. The van der Waals surface area contributed by atoms with E-state index in [1.54, 1.807) is 19.1 Å². The Balaban J connectivity index is 1.48. The molecule has 0 aliphatic heterocycles. The third-order valence-electron chi connectivity index (χ3n) is 3.98. The van der Waals surface area contributed by atoms with Crippen molar-refractivity contribution in [2.24, 2.45) is 11.0 Å². The Morgan fingerprint density at radius 1 is 1.08 bits per heavy atom. The van der Waals surface area contributed by atoms with Crippen LogP contribution in [-0.2, 0) is 9.59 Å². The number of amides is 2. The molecule has 1 aliphatic rings. The number of ether oxygens (including phenoxy) is 1. The van der Waals surface area contributed by atoms with Gasteiger partial charge in [0.2, 0.25) is 5.91 Å². The quantitative estimate of drug-likeness (QED) is 0.594. The van der Waals surface area contributed by atoms with Crippen LogP contribution in [0.25, 0.3) is 0 Å². The van der Waals surface area contributed by atoms with Gasteiger partial charge in [-0.25, -0.2) is 5.43 Å². The molecule has 1 fully saturated rings. The van der Waals surface area contributed by atoms with E-state index in [4.69, 9.17) is 4.74 Å². The predicted octanol–water partition coefficient (Wildman–Crippen LogP) is 2.95. The molecular weight excluding hydrogens is 330 g/mol. The Morgan fingerprint density at radius 2 is 1.77 bits per heavy atom. The van der Waals surface area contributed by atoms with Crippen LogP contribution in [0.3, 0.4) is 0 Å². The molecule has 0 atom stereocenters. The molecule has 2 N–H and O–H groups in total. The second-order valence-corrected chi connectivity index (χ2v) is 6.17. The zero-order chi connectivity index (χ0) is 18.4. The Bertz CT molecular complexity index is 797. The summed E-state index contributed by atoms with van der Waals surface area (Å²) in [5.74, 6) is 0.550. The summed E-state index contributed by atoms with van der Waals surface area (Å²) < 4.78 is 5.36. The molecule has 1 aliphatic carbocycles. The molecule has 0 unspecified atom stereocenters. The average molecular weight is 351 g/mol. The van der Waals surface area contributed by atoms with Crippen LogP contribution in [0, 0.1) is 5.92 Å². The van der Waals surface area contributed by atoms with Gasteiger partial charge in [0.15, 0.2) is 6.61 Å². The molecule has 0 heterocycles. The van der Waals surface area contributed by atoms with Crippen LogP contribution in [0.2, 0.25) is 0 Å². The summed E-state index contributed by atoms with van der Waals surface area (Å²) in [6.07, 6.45) is 1.95. The van der Waals surface area contributed by atoms with Crippen LogP contribution < -0.4 is 15.5 Å². The number of hydrazone groups is 1. The first-order valence-electron chi connectivity index (χ1n) is 8.54. The molecule has 26 heavy (non-hydrogen) atoms. The van der Waals surface area contributed by atoms with Gasteiger partial charge in [0.1, 0.15) is 5.75 Å².